The Morgan fingerprint density at radius 2 is 1.48 bits per heavy atom. The summed E-state index contributed by atoms with van der Waals surface area (Å²) in [5, 5.41) is 20.9. The molecular weight excluding hydrogens is 900 g/mol. The molecule has 1 aromatic heterocycles. The molecule has 0 amide bonds. The summed E-state index contributed by atoms with van der Waals surface area (Å²) in [5.41, 5.74) is 4.56. The first kappa shape index (κ1) is 58.5. The summed E-state index contributed by atoms with van der Waals surface area (Å²) in [6, 6.07) is 1.24. The Bertz CT molecular complexity index is 1870. The highest BCUT2D eigenvalue weighted by atomic mass is 31.3. The second-order valence-electron chi connectivity index (χ2n) is 16.2. The third-order valence-corrected chi connectivity index (χ3v) is 13.0. The zero-order chi connectivity index (χ0) is 48.8. The number of carbonyl (C=O) groups is 3. The maximum atomic E-state index is 12.8. The fourth-order valence-corrected chi connectivity index (χ4v) is 8.52. The highest BCUT2D eigenvalue weighted by Crippen LogP contribution is 2.60. The number of nitrogens with two attached hydrogens (primary N) is 1. The molecule has 19 nitrogen and oxygen atoms in total. The lowest BCUT2D eigenvalue weighted by Gasteiger charge is -2.21. The molecular formula is C45H73N3O16P2. The van der Waals surface area contributed by atoms with E-state index >= 15 is 0 Å². The molecule has 0 spiro atoms. The van der Waals surface area contributed by atoms with Crippen LogP contribution in [0.5, 0.6) is 0 Å². The minimum Gasteiger partial charge on any atom is -0.462 e. The summed E-state index contributed by atoms with van der Waals surface area (Å²) in [5.74, 6) is -0.574. The van der Waals surface area contributed by atoms with E-state index in [2.05, 4.69) is 30.1 Å². The van der Waals surface area contributed by atoms with E-state index in [4.69, 9.17) is 29.0 Å². The summed E-state index contributed by atoms with van der Waals surface area (Å²) in [6.45, 7) is 4.13. The van der Waals surface area contributed by atoms with E-state index in [9.17, 15) is 48.3 Å². The first-order valence-electron chi connectivity index (χ1n) is 23.0. The minimum atomic E-state index is -5.44. The molecule has 0 radical (unpaired) electrons. The van der Waals surface area contributed by atoms with E-state index < -0.39 is 83.7 Å². The Kier molecular flexibility index (Phi) is 29.2. The summed E-state index contributed by atoms with van der Waals surface area (Å²) in [6.07, 6.45) is 22.3. The van der Waals surface area contributed by atoms with E-state index in [0.29, 0.717) is 44.4 Å². The topological polar surface area (TPSA) is 283 Å². The zero-order valence-electron chi connectivity index (χ0n) is 38.6. The first-order valence-corrected chi connectivity index (χ1v) is 26.0. The number of rotatable bonds is 36. The van der Waals surface area contributed by atoms with Crippen LogP contribution in [0.2, 0.25) is 0 Å². The average Bonchev–Trinajstić information content (AvgIpc) is 3.54. The third-order valence-electron chi connectivity index (χ3n) is 10.4. The van der Waals surface area contributed by atoms with Crippen molar-refractivity contribution in [2.75, 3.05) is 25.6 Å². The van der Waals surface area contributed by atoms with Gasteiger partial charge in [0.25, 0.3) is 0 Å². The van der Waals surface area contributed by atoms with Crippen LogP contribution in [0.1, 0.15) is 143 Å². The van der Waals surface area contributed by atoms with Gasteiger partial charge in [-0.05, 0) is 56.6 Å². The lowest BCUT2D eigenvalue weighted by Crippen LogP contribution is -2.36. The predicted octanol–water partition coefficient (Wildman–Crippen LogP) is 7.64. The molecule has 0 aromatic carbocycles. The largest absolute Gasteiger partial charge is 0.481 e. The molecule has 0 saturated carbocycles. The SMILES string of the molecule is CCCCCC(=O)/C=C/C=C\C/C=C\C/C=C\CCCC(=O)O[C@H](COC(=O)CCCCCCCCC(C)CC)COP(=O)(O)OP(=O)(O)OC[C@H]1O[C@@H](n2ccc(N)nc2=O)[C@H](O)[C@@H]1O. The van der Waals surface area contributed by atoms with E-state index in [1.54, 1.807) is 12.2 Å². The summed E-state index contributed by atoms with van der Waals surface area (Å²) in [4.78, 5) is 73.4. The summed E-state index contributed by atoms with van der Waals surface area (Å²) < 4.78 is 56.4. The number of carbonyl (C=O) groups excluding carboxylic acids is 3. The van der Waals surface area contributed by atoms with E-state index in [0.717, 1.165) is 62.1 Å². The van der Waals surface area contributed by atoms with Gasteiger partial charge >= 0.3 is 33.3 Å². The van der Waals surface area contributed by atoms with Crippen LogP contribution < -0.4 is 11.4 Å². The zero-order valence-corrected chi connectivity index (χ0v) is 40.4. The number of aliphatic hydroxyl groups excluding tert-OH is 2. The second kappa shape index (κ2) is 33.0. The van der Waals surface area contributed by atoms with Crippen LogP contribution in [-0.2, 0) is 51.1 Å². The van der Waals surface area contributed by atoms with E-state index in [1.807, 2.05) is 36.5 Å². The van der Waals surface area contributed by atoms with Crippen LogP contribution in [-0.4, -0.2) is 91.5 Å². The van der Waals surface area contributed by atoms with Crippen molar-refractivity contribution in [3.05, 3.63) is 71.4 Å². The van der Waals surface area contributed by atoms with Crippen LogP contribution in [0.4, 0.5) is 5.82 Å². The Balaban J connectivity index is 1.87. The van der Waals surface area contributed by atoms with Gasteiger partial charge < -0.3 is 39.9 Å². The maximum absolute atomic E-state index is 12.8. The number of aromatic nitrogens is 2. The Hall–Kier alpha value is -3.61. The van der Waals surface area contributed by atoms with E-state index in [1.165, 1.54) is 18.9 Å². The fourth-order valence-electron chi connectivity index (χ4n) is 6.41. The monoisotopic (exact) mass is 973 g/mol. The Morgan fingerprint density at radius 1 is 0.833 bits per heavy atom. The van der Waals surface area contributed by atoms with Crippen molar-refractivity contribution >= 4 is 39.2 Å². The van der Waals surface area contributed by atoms with Crippen LogP contribution >= 0.6 is 15.6 Å². The molecule has 1 fully saturated rings. The van der Waals surface area contributed by atoms with Gasteiger partial charge in [-0.2, -0.15) is 9.29 Å². The van der Waals surface area contributed by atoms with Crippen molar-refractivity contribution in [1.82, 2.24) is 9.55 Å². The maximum Gasteiger partial charge on any atom is 0.481 e. The fraction of sp³-hybridized carbons (Fsp3) is 0.667. The third kappa shape index (κ3) is 26.1. The molecule has 0 bridgehead atoms. The molecule has 0 aliphatic carbocycles. The number of anilines is 1. The average molecular weight is 974 g/mol. The molecule has 21 heteroatoms. The van der Waals surface area contributed by atoms with Crippen LogP contribution in [0.25, 0.3) is 0 Å². The van der Waals surface area contributed by atoms with Crippen LogP contribution in [0, 0.1) is 5.92 Å². The number of nitrogens with zero attached hydrogens (tertiary/aromatic N) is 2. The number of phosphoric ester groups is 2. The van der Waals surface area contributed by atoms with Crippen LogP contribution in [0.15, 0.2) is 65.7 Å². The van der Waals surface area contributed by atoms with E-state index in [-0.39, 0.29) is 24.4 Å². The quantitative estimate of drug-likeness (QED) is 0.0108. The lowest BCUT2D eigenvalue weighted by molar-refractivity contribution is -0.161. The lowest BCUT2D eigenvalue weighted by atomic mass is 10.00. The van der Waals surface area contributed by atoms with Crippen molar-refractivity contribution in [3.8, 4) is 0 Å². The van der Waals surface area contributed by atoms with Crippen molar-refractivity contribution in [2.24, 2.45) is 5.92 Å². The van der Waals surface area contributed by atoms with Crippen molar-refractivity contribution in [1.29, 1.82) is 0 Å². The smallest absolute Gasteiger partial charge is 0.462 e. The number of hydrogen-bond acceptors (Lipinski definition) is 16. The highest BCUT2D eigenvalue weighted by Gasteiger charge is 2.46. The number of allylic oxidation sites excluding steroid dienone is 8. The van der Waals surface area contributed by atoms with Gasteiger partial charge in [0, 0.05) is 25.5 Å². The normalized spacial score (nSPS) is 20.5. The molecule has 2 heterocycles. The van der Waals surface area contributed by atoms with Gasteiger partial charge in [-0.25, -0.2) is 13.9 Å². The van der Waals surface area contributed by atoms with Gasteiger partial charge in [-0.15, -0.1) is 0 Å². The molecule has 374 valence electrons. The number of unbranched alkanes of at least 4 members (excludes halogenated alkanes) is 8. The van der Waals surface area contributed by atoms with Crippen molar-refractivity contribution in [3.63, 3.8) is 0 Å². The highest BCUT2D eigenvalue weighted by molar-refractivity contribution is 7.61. The number of hydrogen-bond donors (Lipinski definition) is 5. The molecule has 2 rings (SSSR count). The molecule has 6 N–H and O–H groups in total. The molecule has 1 aliphatic heterocycles. The summed E-state index contributed by atoms with van der Waals surface area (Å²) >= 11 is 0. The Labute approximate surface area is 388 Å². The number of phosphoric acid groups is 2. The molecule has 66 heavy (non-hydrogen) atoms. The van der Waals surface area contributed by atoms with Gasteiger partial charge in [0.1, 0.15) is 30.7 Å². The molecule has 1 saturated heterocycles. The van der Waals surface area contributed by atoms with Gasteiger partial charge in [0.2, 0.25) is 0 Å². The number of nitrogen functional groups attached to an aromatic ring is 1. The van der Waals surface area contributed by atoms with Gasteiger partial charge in [-0.3, -0.25) is 28.0 Å². The minimum absolute atomic E-state index is 0.0531. The van der Waals surface area contributed by atoms with Gasteiger partial charge in [0.05, 0.1) is 13.2 Å². The van der Waals surface area contributed by atoms with Crippen LogP contribution in [0.3, 0.4) is 0 Å². The van der Waals surface area contributed by atoms with Gasteiger partial charge in [-0.1, -0.05) is 121 Å². The second-order valence-corrected chi connectivity index (χ2v) is 19.2. The Morgan fingerprint density at radius 3 is 2.20 bits per heavy atom. The first-order chi connectivity index (χ1) is 31.5. The summed E-state index contributed by atoms with van der Waals surface area (Å²) in [7, 11) is -10.9. The van der Waals surface area contributed by atoms with Gasteiger partial charge in [0.15, 0.2) is 18.1 Å². The number of aliphatic hydroxyl groups is 2. The molecule has 8 atom stereocenters. The number of ketones is 1. The predicted molar refractivity (Wildman–Crippen MR) is 247 cm³/mol. The number of esters is 2. The number of ether oxygens (including phenoxy) is 3. The van der Waals surface area contributed by atoms with Crippen molar-refractivity contribution in [2.45, 2.75) is 167 Å². The molecule has 3 unspecified atom stereocenters. The van der Waals surface area contributed by atoms with Crippen molar-refractivity contribution < 1.29 is 71.1 Å². The molecule has 1 aromatic rings. The standard InChI is InChI=1S/C45H73N3O16P2/c1-4-6-20-26-36(49)27-22-17-12-10-8-7-9-11-13-19-24-29-41(51)62-37(32-59-40(50)28-23-18-15-14-16-21-25-35(3)5-2)33-60-65(55,56)64-66(57,58)61-34-38-42(52)43(53)44(63-38)48-31-30-39(46)47-45(48)54/h7-8,11-13,17,22,27,30-31,35,37-38,42-44,52-53H,4-6,9-10,14-16,18-21,23-26,28-29,32-34H2,1-3H3,(H,55,56)(H,57,58)(H2,46,47,54)/b8-7-,13-11-,17-12-,27-22+/t35?,37-,38-,42-,43-,44-/m1/s1. The molecule has 1 aliphatic rings.